The first-order valence-electron chi connectivity index (χ1n) is 5.99. The average Bonchev–Trinajstić information content (AvgIpc) is 2.26. The minimum absolute atomic E-state index is 0.189. The lowest BCUT2D eigenvalue weighted by Gasteiger charge is -2.22. The van der Waals surface area contributed by atoms with Crippen molar-refractivity contribution < 1.29 is 5.21 Å². The predicted octanol–water partition coefficient (Wildman–Crippen LogP) is 3.32. The molecule has 1 unspecified atom stereocenters. The Morgan fingerprint density at radius 3 is 2.62 bits per heavy atom. The van der Waals surface area contributed by atoms with Gasteiger partial charge in [0.25, 0.3) is 0 Å². The van der Waals surface area contributed by atoms with Gasteiger partial charge in [-0.15, -0.1) is 0 Å². The van der Waals surface area contributed by atoms with Crippen molar-refractivity contribution >= 4 is 17.6 Å². The van der Waals surface area contributed by atoms with Crippen LogP contribution < -0.4 is 5.73 Å². The third-order valence-electron chi connectivity index (χ3n) is 2.99. The molecule has 1 atom stereocenters. The number of nitrogens with two attached hydrogens (primary N) is 1. The smallest absolute Gasteiger partial charge is 0.144 e. The molecule has 0 radical (unpaired) electrons. The van der Waals surface area contributed by atoms with E-state index in [1.54, 1.807) is 0 Å². The number of rotatable bonds is 8. The van der Waals surface area contributed by atoms with Crippen LogP contribution in [0.5, 0.6) is 0 Å². The van der Waals surface area contributed by atoms with Gasteiger partial charge in [-0.25, -0.2) is 0 Å². The molecule has 96 valence electrons. The van der Waals surface area contributed by atoms with Crippen LogP contribution in [0.2, 0.25) is 0 Å². The normalized spacial score (nSPS) is 15.1. The summed E-state index contributed by atoms with van der Waals surface area (Å²) in [6.07, 6.45) is 3.34. The van der Waals surface area contributed by atoms with Crippen molar-refractivity contribution in [2.24, 2.45) is 22.2 Å². The lowest BCUT2D eigenvalue weighted by atomic mass is 9.87. The molecule has 0 aromatic rings. The Kier molecular flexibility index (Phi) is 7.64. The average molecular weight is 246 g/mol. The number of nitrogens with zero attached hydrogens (tertiary/aromatic N) is 1. The van der Waals surface area contributed by atoms with Crippen LogP contribution in [0.1, 0.15) is 47.0 Å². The molecule has 3 nitrogen and oxygen atoms in total. The van der Waals surface area contributed by atoms with Crippen molar-refractivity contribution in [1.29, 1.82) is 0 Å². The lowest BCUT2D eigenvalue weighted by Crippen LogP contribution is -2.31. The molecule has 0 saturated carbocycles. The summed E-state index contributed by atoms with van der Waals surface area (Å²) in [7, 11) is 0. The van der Waals surface area contributed by atoms with E-state index in [-0.39, 0.29) is 5.41 Å². The summed E-state index contributed by atoms with van der Waals surface area (Å²) >= 11 is 2.00. The summed E-state index contributed by atoms with van der Waals surface area (Å²) in [6.45, 7) is 8.54. The van der Waals surface area contributed by atoms with Crippen LogP contribution in [0.3, 0.4) is 0 Å². The Hall–Kier alpha value is -0.380. The number of hydrogen-bond acceptors (Lipinski definition) is 3. The highest BCUT2D eigenvalue weighted by atomic mass is 32.2. The lowest BCUT2D eigenvalue weighted by molar-refractivity contribution is 0.305. The fraction of sp³-hybridized carbons (Fsp3) is 0.917. The molecule has 0 aromatic carbocycles. The summed E-state index contributed by atoms with van der Waals surface area (Å²) in [5, 5.41) is 11.7. The Morgan fingerprint density at radius 2 is 2.12 bits per heavy atom. The van der Waals surface area contributed by atoms with Crippen molar-refractivity contribution in [3.8, 4) is 0 Å². The van der Waals surface area contributed by atoms with E-state index >= 15 is 0 Å². The first-order chi connectivity index (χ1) is 7.44. The van der Waals surface area contributed by atoms with Gasteiger partial charge in [0.15, 0.2) is 0 Å². The van der Waals surface area contributed by atoms with Gasteiger partial charge in [-0.2, -0.15) is 11.8 Å². The van der Waals surface area contributed by atoms with E-state index in [4.69, 9.17) is 10.9 Å². The SMILES string of the molecule is CCC(C)CSCCCC(C)(C)C(N)=NO. The highest BCUT2D eigenvalue weighted by molar-refractivity contribution is 7.99. The van der Waals surface area contributed by atoms with Gasteiger partial charge in [-0.3, -0.25) is 0 Å². The molecule has 0 spiro atoms. The van der Waals surface area contributed by atoms with E-state index in [2.05, 4.69) is 19.0 Å². The zero-order valence-corrected chi connectivity index (χ0v) is 11.8. The zero-order chi connectivity index (χ0) is 12.6. The second-order valence-electron chi connectivity index (χ2n) is 5.06. The molecule has 0 rings (SSSR count). The van der Waals surface area contributed by atoms with E-state index in [1.807, 2.05) is 25.6 Å². The summed E-state index contributed by atoms with van der Waals surface area (Å²) in [4.78, 5) is 0. The van der Waals surface area contributed by atoms with E-state index in [1.165, 1.54) is 12.2 Å². The van der Waals surface area contributed by atoms with Gasteiger partial charge >= 0.3 is 0 Å². The molecular weight excluding hydrogens is 220 g/mol. The molecule has 4 heteroatoms. The number of hydrogen-bond donors (Lipinski definition) is 2. The van der Waals surface area contributed by atoms with Crippen molar-refractivity contribution in [3.63, 3.8) is 0 Å². The van der Waals surface area contributed by atoms with Gasteiger partial charge < -0.3 is 10.9 Å². The van der Waals surface area contributed by atoms with Gasteiger partial charge in [-0.05, 0) is 30.3 Å². The maximum atomic E-state index is 8.64. The maximum absolute atomic E-state index is 8.64. The van der Waals surface area contributed by atoms with Crippen LogP contribution in [-0.4, -0.2) is 22.5 Å². The van der Waals surface area contributed by atoms with Crippen molar-refractivity contribution in [3.05, 3.63) is 0 Å². The first-order valence-corrected chi connectivity index (χ1v) is 7.15. The second-order valence-corrected chi connectivity index (χ2v) is 6.21. The highest BCUT2D eigenvalue weighted by Crippen LogP contribution is 2.24. The quantitative estimate of drug-likeness (QED) is 0.227. The second kappa shape index (κ2) is 7.82. The minimum atomic E-state index is -0.189. The minimum Gasteiger partial charge on any atom is -0.409 e. The molecule has 0 heterocycles. The summed E-state index contributed by atoms with van der Waals surface area (Å²) < 4.78 is 0. The fourth-order valence-electron chi connectivity index (χ4n) is 1.28. The number of oxime groups is 1. The molecule has 0 aromatic heterocycles. The third-order valence-corrected chi connectivity index (χ3v) is 4.37. The van der Waals surface area contributed by atoms with E-state index < -0.39 is 0 Å². The third kappa shape index (κ3) is 6.26. The highest BCUT2D eigenvalue weighted by Gasteiger charge is 2.22. The fourth-order valence-corrected chi connectivity index (χ4v) is 2.44. The maximum Gasteiger partial charge on any atom is 0.144 e. The molecule has 0 aliphatic rings. The topological polar surface area (TPSA) is 58.6 Å². The van der Waals surface area contributed by atoms with Crippen molar-refractivity contribution in [1.82, 2.24) is 0 Å². The molecule has 0 bridgehead atoms. The molecule has 16 heavy (non-hydrogen) atoms. The number of amidine groups is 1. The Bertz CT molecular complexity index is 217. The van der Waals surface area contributed by atoms with Crippen LogP contribution in [-0.2, 0) is 0 Å². The molecule has 3 N–H and O–H groups in total. The first kappa shape index (κ1) is 15.6. The van der Waals surface area contributed by atoms with Crippen LogP contribution in [0.15, 0.2) is 5.16 Å². The van der Waals surface area contributed by atoms with Gasteiger partial charge in [0.1, 0.15) is 5.84 Å². The van der Waals surface area contributed by atoms with Gasteiger partial charge in [0.2, 0.25) is 0 Å². The van der Waals surface area contributed by atoms with Gasteiger partial charge in [-0.1, -0.05) is 39.3 Å². The summed E-state index contributed by atoms with van der Waals surface area (Å²) in [5.41, 5.74) is 5.44. The predicted molar refractivity (Wildman–Crippen MR) is 73.2 cm³/mol. The van der Waals surface area contributed by atoms with Crippen molar-refractivity contribution in [2.45, 2.75) is 47.0 Å². The Morgan fingerprint density at radius 1 is 1.50 bits per heavy atom. The number of thioether (sulfide) groups is 1. The molecule has 0 aliphatic heterocycles. The monoisotopic (exact) mass is 246 g/mol. The molecule has 0 aliphatic carbocycles. The zero-order valence-electron chi connectivity index (χ0n) is 11.0. The van der Waals surface area contributed by atoms with Gasteiger partial charge in [0, 0.05) is 5.41 Å². The van der Waals surface area contributed by atoms with E-state index in [0.717, 1.165) is 24.5 Å². The van der Waals surface area contributed by atoms with Crippen LogP contribution >= 0.6 is 11.8 Å². The van der Waals surface area contributed by atoms with Crippen LogP contribution in [0, 0.1) is 11.3 Å². The van der Waals surface area contributed by atoms with Gasteiger partial charge in [0.05, 0.1) is 0 Å². The Labute approximate surface area is 104 Å². The van der Waals surface area contributed by atoms with Crippen LogP contribution in [0.4, 0.5) is 0 Å². The molecule has 0 fully saturated rings. The molecular formula is C12H26N2OS. The summed E-state index contributed by atoms with van der Waals surface area (Å²) in [5.74, 6) is 3.54. The van der Waals surface area contributed by atoms with Crippen molar-refractivity contribution in [2.75, 3.05) is 11.5 Å². The Balaban J connectivity index is 3.66. The standard InChI is InChI=1S/C12H26N2OS/c1-5-10(2)9-16-8-6-7-12(3,4)11(13)14-15/h10,15H,5-9H2,1-4H3,(H2,13,14). The largest absolute Gasteiger partial charge is 0.409 e. The molecule has 0 saturated heterocycles. The van der Waals surface area contributed by atoms with Crippen LogP contribution in [0.25, 0.3) is 0 Å². The van der Waals surface area contributed by atoms with E-state index in [9.17, 15) is 0 Å². The summed E-state index contributed by atoms with van der Waals surface area (Å²) in [6, 6.07) is 0. The molecule has 0 amide bonds. The van der Waals surface area contributed by atoms with E-state index in [0.29, 0.717) is 5.84 Å².